The average molecular weight is 417 g/mol. The zero-order valence-electron chi connectivity index (χ0n) is 17.1. The molecule has 1 aliphatic rings. The van der Waals surface area contributed by atoms with E-state index in [4.69, 9.17) is 11.6 Å². The number of hydrogen-bond acceptors (Lipinski definition) is 6. The molecule has 3 N–H and O–H groups in total. The largest absolute Gasteiger partial charge is 0.369 e. The van der Waals surface area contributed by atoms with E-state index < -0.39 is 0 Å². The molecule has 0 saturated heterocycles. The van der Waals surface area contributed by atoms with Gasteiger partial charge in [-0.3, -0.25) is 4.79 Å². The molecule has 0 radical (unpaired) electrons. The molecular formula is C21H29ClN6O. The summed E-state index contributed by atoms with van der Waals surface area (Å²) in [4.78, 5) is 22.6. The number of carbonyl (C=O) groups is 1. The summed E-state index contributed by atoms with van der Waals surface area (Å²) in [5, 5.41) is 9.53. The molecule has 0 spiro atoms. The number of aromatic nitrogens is 2. The van der Waals surface area contributed by atoms with Gasteiger partial charge in [-0.15, -0.1) is 0 Å². The van der Waals surface area contributed by atoms with Crippen molar-refractivity contribution in [2.45, 2.75) is 32.6 Å². The van der Waals surface area contributed by atoms with Crippen LogP contribution in [0.1, 0.15) is 30.9 Å². The number of benzene rings is 1. The lowest BCUT2D eigenvalue weighted by Crippen LogP contribution is -2.25. The fourth-order valence-electron chi connectivity index (χ4n) is 3.43. The van der Waals surface area contributed by atoms with Crippen molar-refractivity contribution in [3.05, 3.63) is 40.5 Å². The van der Waals surface area contributed by atoms with Crippen LogP contribution in [-0.4, -0.2) is 54.0 Å². The van der Waals surface area contributed by atoms with Gasteiger partial charge in [0.15, 0.2) is 0 Å². The molecule has 1 aromatic heterocycles. The Balaban J connectivity index is 1.63. The molecule has 1 aromatic carbocycles. The number of fused-ring (bicyclic) bond motifs is 1. The van der Waals surface area contributed by atoms with E-state index in [0.717, 1.165) is 38.2 Å². The lowest BCUT2D eigenvalue weighted by molar-refractivity contribution is -0.120. The number of anilines is 3. The summed E-state index contributed by atoms with van der Waals surface area (Å²) in [5.41, 5.74) is 3.77. The highest BCUT2D eigenvalue weighted by molar-refractivity contribution is 6.32. The van der Waals surface area contributed by atoms with Crippen LogP contribution >= 0.6 is 11.6 Å². The van der Waals surface area contributed by atoms with Gasteiger partial charge in [0, 0.05) is 38.8 Å². The summed E-state index contributed by atoms with van der Waals surface area (Å²) in [6.07, 6.45) is 4.88. The van der Waals surface area contributed by atoms with E-state index >= 15 is 0 Å². The maximum Gasteiger partial charge on any atom is 0.229 e. The van der Waals surface area contributed by atoms with Gasteiger partial charge in [0.1, 0.15) is 10.8 Å². The highest BCUT2D eigenvalue weighted by Gasteiger charge is 2.13. The maximum atomic E-state index is 11.3. The molecule has 3 rings (SSSR count). The lowest BCUT2D eigenvalue weighted by Gasteiger charge is -2.16. The monoisotopic (exact) mass is 416 g/mol. The predicted molar refractivity (Wildman–Crippen MR) is 118 cm³/mol. The van der Waals surface area contributed by atoms with E-state index in [1.54, 1.807) is 13.2 Å². The molecule has 8 heteroatoms. The Kier molecular flexibility index (Phi) is 7.66. The topological polar surface area (TPSA) is 82.2 Å². The van der Waals surface area contributed by atoms with Crippen molar-refractivity contribution in [3.63, 3.8) is 0 Å². The quantitative estimate of drug-likeness (QED) is 0.573. The van der Waals surface area contributed by atoms with Crippen LogP contribution in [0, 0.1) is 0 Å². The molecule has 1 amide bonds. The first-order valence-electron chi connectivity index (χ1n) is 10.2. The van der Waals surface area contributed by atoms with Gasteiger partial charge in [0.05, 0.1) is 6.20 Å². The Morgan fingerprint density at radius 3 is 2.79 bits per heavy atom. The molecular weight excluding hydrogens is 388 g/mol. The van der Waals surface area contributed by atoms with Crippen LogP contribution in [-0.2, 0) is 17.6 Å². The molecule has 0 saturated carbocycles. The first-order valence-corrected chi connectivity index (χ1v) is 10.5. The van der Waals surface area contributed by atoms with Gasteiger partial charge < -0.3 is 20.9 Å². The van der Waals surface area contributed by atoms with Gasteiger partial charge in [-0.2, -0.15) is 4.98 Å². The van der Waals surface area contributed by atoms with Crippen LogP contribution in [0.2, 0.25) is 5.02 Å². The molecule has 0 unspecified atom stereocenters. The highest BCUT2D eigenvalue weighted by atomic mass is 35.5. The van der Waals surface area contributed by atoms with Crippen molar-refractivity contribution in [1.82, 2.24) is 20.2 Å². The zero-order valence-corrected chi connectivity index (χ0v) is 17.9. The SMILES string of the molecule is CCN1CCc2ccc(Nc3ncc(Cl)c(NCCCC(=O)NC)n3)cc2CC1. The fourth-order valence-corrected chi connectivity index (χ4v) is 3.58. The van der Waals surface area contributed by atoms with Crippen molar-refractivity contribution in [1.29, 1.82) is 0 Å². The second-order valence-corrected chi connectivity index (χ2v) is 7.54. The van der Waals surface area contributed by atoms with Gasteiger partial charge >= 0.3 is 0 Å². The minimum atomic E-state index is 0.0215. The molecule has 0 atom stereocenters. The summed E-state index contributed by atoms with van der Waals surface area (Å²) in [6, 6.07) is 6.47. The number of rotatable bonds is 8. The average Bonchev–Trinajstić information content (AvgIpc) is 2.95. The number of nitrogens with one attached hydrogen (secondary N) is 3. The molecule has 29 heavy (non-hydrogen) atoms. The van der Waals surface area contributed by atoms with Crippen LogP contribution < -0.4 is 16.0 Å². The summed E-state index contributed by atoms with van der Waals surface area (Å²) in [5.74, 6) is 1.08. The maximum absolute atomic E-state index is 11.3. The first kappa shape index (κ1) is 21.3. The van der Waals surface area contributed by atoms with E-state index in [1.807, 2.05) is 0 Å². The second-order valence-electron chi connectivity index (χ2n) is 7.14. The lowest BCUT2D eigenvalue weighted by atomic mass is 10.0. The standard InChI is InChI=1S/C21H29ClN6O/c1-3-28-11-8-15-6-7-17(13-16(15)9-12-28)26-21-25-14-18(22)20(27-21)24-10-4-5-19(29)23-2/h6-7,13-14H,3-5,8-12H2,1-2H3,(H,23,29)(H2,24,25,26,27). The number of nitrogens with zero attached hydrogens (tertiary/aromatic N) is 3. The molecule has 1 aliphatic heterocycles. The smallest absolute Gasteiger partial charge is 0.229 e. The van der Waals surface area contributed by atoms with E-state index in [2.05, 4.69) is 55.9 Å². The van der Waals surface area contributed by atoms with Crippen molar-refractivity contribution >= 4 is 35.0 Å². The molecule has 2 heterocycles. The van der Waals surface area contributed by atoms with E-state index in [-0.39, 0.29) is 5.91 Å². The van der Waals surface area contributed by atoms with E-state index in [9.17, 15) is 4.79 Å². The molecule has 0 bridgehead atoms. The number of amides is 1. The first-order chi connectivity index (χ1) is 14.1. The van der Waals surface area contributed by atoms with Crippen molar-refractivity contribution in [2.75, 3.05) is 43.9 Å². The minimum absolute atomic E-state index is 0.0215. The van der Waals surface area contributed by atoms with Crippen molar-refractivity contribution in [3.8, 4) is 0 Å². The van der Waals surface area contributed by atoms with E-state index in [0.29, 0.717) is 36.2 Å². The Hall–Kier alpha value is -2.38. The van der Waals surface area contributed by atoms with E-state index in [1.165, 1.54) is 11.1 Å². The minimum Gasteiger partial charge on any atom is -0.369 e. The van der Waals surface area contributed by atoms with Crippen LogP contribution in [0.3, 0.4) is 0 Å². The van der Waals surface area contributed by atoms with Crippen LogP contribution in [0.25, 0.3) is 0 Å². The molecule has 156 valence electrons. The van der Waals surface area contributed by atoms with Crippen molar-refractivity contribution < 1.29 is 4.79 Å². The van der Waals surface area contributed by atoms with Crippen LogP contribution in [0.15, 0.2) is 24.4 Å². The van der Waals surface area contributed by atoms with Gasteiger partial charge in [0.25, 0.3) is 0 Å². The van der Waals surface area contributed by atoms with Crippen molar-refractivity contribution in [2.24, 2.45) is 0 Å². The summed E-state index contributed by atoms with van der Waals surface area (Å²) in [7, 11) is 1.64. The van der Waals surface area contributed by atoms with Gasteiger partial charge in [-0.05, 0) is 49.1 Å². The predicted octanol–water partition coefficient (Wildman–Crippen LogP) is 3.23. The summed E-state index contributed by atoms with van der Waals surface area (Å²) >= 11 is 6.21. The zero-order chi connectivity index (χ0) is 20.6. The number of carbonyl (C=O) groups excluding carboxylic acids is 1. The van der Waals surface area contributed by atoms with Crippen LogP contribution in [0.4, 0.5) is 17.5 Å². The number of halogens is 1. The third kappa shape index (κ3) is 6.05. The normalized spacial score (nSPS) is 14.0. The van der Waals surface area contributed by atoms with Gasteiger partial charge in [-0.25, -0.2) is 4.98 Å². The Morgan fingerprint density at radius 2 is 2.03 bits per heavy atom. The third-order valence-electron chi connectivity index (χ3n) is 5.20. The summed E-state index contributed by atoms with van der Waals surface area (Å²) < 4.78 is 0. The Morgan fingerprint density at radius 1 is 1.24 bits per heavy atom. The van der Waals surface area contributed by atoms with Gasteiger partial charge in [-0.1, -0.05) is 24.6 Å². The molecule has 2 aromatic rings. The summed E-state index contributed by atoms with van der Waals surface area (Å²) in [6.45, 7) is 6.12. The molecule has 0 fully saturated rings. The fraction of sp³-hybridized carbons (Fsp3) is 0.476. The number of likely N-dealkylation sites (N-methyl/N-ethyl adjacent to an activating group) is 1. The van der Waals surface area contributed by atoms with Crippen LogP contribution in [0.5, 0.6) is 0 Å². The van der Waals surface area contributed by atoms with Gasteiger partial charge in [0.2, 0.25) is 11.9 Å². The molecule has 0 aliphatic carbocycles. The number of hydrogen-bond donors (Lipinski definition) is 3. The Labute approximate surface area is 177 Å². The highest BCUT2D eigenvalue weighted by Crippen LogP contribution is 2.24. The third-order valence-corrected chi connectivity index (χ3v) is 5.48. The Bertz CT molecular complexity index is 844. The second kappa shape index (κ2) is 10.4. The molecule has 7 nitrogen and oxygen atoms in total.